The summed E-state index contributed by atoms with van der Waals surface area (Å²) in [7, 11) is 1.95. The van der Waals surface area contributed by atoms with Crippen molar-refractivity contribution in [2.24, 2.45) is 0 Å². The van der Waals surface area contributed by atoms with Gasteiger partial charge in [-0.25, -0.2) is 0 Å². The highest BCUT2D eigenvalue weighted by molar-refractivity contribution is 7.85. The summed E-state index contributed by atoms with van der Waals surface area (Å²) in [4.78, 5) is 11.9. The number of carbonyl (C=O) groups excluding carboxylic acids is 1. The maximum atomic E-state index is 12.2. The van der Waals surface area contributed by atoms with Gasteiger partial charge in [0.2, 0.25) is 5.91 Å². The normalized spacial score (nSPS) is 13.5. The summed E-state index contributed by atoms with van der Waals surface area (Å²) >= 11 is 0. The van der Waals surface area contributed by atoms with Crippen LogP contribution in [0.25, 0.3) is 0 Å². The zero-order valence-electron chi connectivity index (χ0n) is 12.8. The number of carbonyl (C=O) groups is 1. The van der Waals surface area contributed by atoms with Gasteiger partial charge in [0.1, 0.15) is 11.0 Å². The van der Waals surface area contributed by atoms with Crippen molar-refractivity contribution in [1.82, 2.24) is 5.32 Å². The van der Waals surface area contributed by atoms with Crippen molar-refractivity contribution in [3.63, 3.8) is 0 Å². The molecule has 0 aliphatic rings. The fraction of sp³-hybridized carbons (Fsp3) is 0.533. The Hall–Kier alpha value is -1.40. The number of hydrogen-bond donors (Lipinski definition) is 1. The molecule has 0 aliphatic heterocycles. The van der Waals surface area contributed by atoms with Gasteiger partial charge in [-0.15, -0.1) is 0 Å². The highest BCUT2D eigenvalue weighted by Gasteiger charge is 2.19. The smallest absolute Gasteiger partial charge is 0.235 e. The maximum Gasteiger partial charge on any atom is 0.235 e. The monoisotopic (exact) mass is 313 g/mol. The number of methoxy groups -OCH3 is 2. The number of benzene rings is 1. The zero-order valence-corrected chi connectivity index (χ0v) is 13.6. The molecule has 1 aromatic rings. The molecule has 0 aliphatic carbocycles. The average Bonchev–Trinajstić information content (AvgIpc) is 2.50. The molecule has 21 heavy (non-hydrogen) atoms. The number of rotatable bonds is 9. The molecule has 118 valence electrons. The Bertz CT molecular complexity index is 478. The van der Waals surface area contributed by atoms with Crippen LogP contribution in [0.15, 0.2) is 24.3 Å². The Balaban J connectivity index is 2.47. The van der Waals surface area contributed by atoms with E-state index >= 15 is 0 Å². The minimum atomic E-state index is -1.26. The van der Waals surface area contributed by atoms with Gasteiger partial charge in [0.25, 0.3) is 0 Å². The van der Waals surface area contributed by atoms with Crippen molar-refractivity contribution in [2.45, 2.75) is 24.3 Å². The molecule has 0 radical (unpaired) electrons. The molecule has 1 aromatic carbocycles. The summed E-state index contributed by atoms with van der Waals surface area (Å²) < 4.78 is 22.3. The molecule has 5 nitrogen and oxygen atoms in total. The average molecular weight is 313 g/mol. The van der Waals surface area contributed by atoms with Crippen molar-refractivity contribution in [3.8, 4) is 5.75 Å². The van der Waals surface area contributed by atoms with Crippen molar-refractivity contribution in [3.05, 3.63) is 29.8 Å². The van der Waals surface area contributed by atoms with E-state index in [4.69, 9.17) is 9.47 Å². The summed E-state index contributed by atoms with van der Waals surface area (Å²) in [5.74, 6) is 0.873. The summed E-state index contributed by atoms with van der Waals surface area (Å²) in [6, 6.07) is 7.39. The van der Waals surface area contributed by atoms with Crippen LogP contribution in [0, 0.1) is 0 Å². The Labute approximate surface area is 128 Å². The van der Waals surface area contributed by atoms with E-state index < -0.39 is 16.0 Å². The minimum Gasteiger partial charge on any atom is -0.497 e. The van der Waals surface area contributed by atoms with E-state index in [1.165, 1.54) is 0 Å². The Kier molecular flexibility index (Phi) is 8.00. The van der Waals surface area contributed by atoms with Crippen molar-refractivity contribution < 1.29 is 18.5 Å². The fourth-order valence-electron chi connectivity index (χ4n) is 1.74. The Morgan fingerprint density at radius 2 is 2.14 bits per heavy atom. The van der Waals surface area contributed by atoms with Gasteiger partial charge in [0, 0.05) is 36.8 Å². The molecule has 1 rings (SSSR count). The lowest BCUT2D eigenvalue weighted by atomic mass is 10.2. The standard InChI is InChI=1S/C15H23NO4S/c1-12(15(17)16-8-5-9-19-2)21(18)11-13-6-4-7-14(10-13)20-3/h4,6-7,10,12H,5,8-9,11H2,1-3H3,(H,16,17)/t12-,21+/m1/s1. The lowest BCUT2D eigenvalue weighted by Crippen LogP contribution is -2.36. The molecule has 0 saturated carbocycles. The van der Waals surface area contributed by atoms with Crippen LogP contribution in [-0.2, 0) is 26.1 Å². The molecular formula is C15H23NO4S. The van der Waals surface area contributed by atoms with E-state index in [2.05, 4.69) is 5.32 Å². The van der Waals surface area contributed by atoms with Crippen molar-refractivity contribution in [1.29, 1.82) is 0 Å². The van der Waals surface area contributed by atoms with E-state index in [-0.39, 0.29) is 5.91 Å². The predicted octanol–water partition coefficient (Wildman–Crippen LogP) is 1.49. The van der Waals surface area contributed by atoms with Crippen LogP contribution in [0.1, 0.15) is 18.9 Å². The van der Waals surface area contributed by atoms with Gasteiger partial charge < -0.3 is 14.8 Å². The maximum absolute atomic E-state index is 12.2. The first-order valence-corrected chi connectivity index (χ1v) is 8.23. The number of nitrogens with one attached hydrogen (secondary N) is 1. The molecule has 1 N–H and O–H groups in total. The van der Waals surface area contributed by atoms with Gasteiger partial charge >= 0.3 is 0 Å². The lowest BCUT2D eigenvalue weighted by molar-refractivity contribution is -0.120. The van der Waals surface area contributed by atoms with Gasteiger partial charge in [-0.05, 0) is 31.0 Å². The second kappa shape index (κ2) is 9.52. The van der Waals surface area contributed by atoms with Crippen LogP contribution in [-0.4, -0.2) is 42.7 Å². The first kappa shape index (κ1) is 17.7. The summed E-state index contributed by atoms with van der Waals surface area (Å²) in [5.41, 5.74) is 0.895. The van der Waals surface area contributed by atoms with E-state index in [9.17, 15) is 9.00 Å². The Morgan fingerprint density at radius 3 is 2.81 bits per heavy atom. The second-order valence-electron chi connectivity index (χ2n) is 4.66. The highest BCUT2D eigenvalue weighted by atomic mass is 32.2. The van der Waals surface area contributed by atoms with E-state index in [0.29, 0.717) is 18.9 Å². The molecule has 0 fully saturated rings. The van der Waals surface area contributed by atoms with Crippen LogP contribution in [0.4, 0.5) is 0 Å². The minimum absolute atomic E-state index is 0.188. The largest absolute Gasteiger partial charge is 0.497 e. The molecule has 0 bridgehead atoms. The van der Waals surface area contributed by atoms with Gasteiger partial charge in [0.05, 0.1) is 7.11 Å². The third kappa shape index (κ3) is 6.27. The first-order valence-electron chi connectivity index (χ1n) is 6.85. The van der Waals surface area contributed by atoms with Gasteiger partial charge in [-0.1, -0.05) is 12.1 Å². The van der Waals surface area contributed by atoms with Crippen LogP contribution in [0.2, 0.25) is 0 Å². The number of amides is 1. The van der Waals surface area contributed by atoms with Crippen molar-refractivity contribution in [2.75, 3.05) is 27.4 Å². The van der Waals surface area contributed by atoms with Gasteiger partial charge in [0.15, 0.2) is 0 Å². The molecule has 6 heteroatoms. The summed E-state index contributed by atoms with van der Waals surface area (Å²) in [6.45, 7) is 2.82. The van der Waals surface area contributed by atoms with Crippen molar-refractivity contribution >= 4 is 16.7 Å². The van der Waals surface area contributed by atoms with E-state index in [1.54, 1.807) is 21.1 Å². The molecule has 0 spiro atoms. The molecule has 0 unspecified atom stereocenters. The topological polar surface area (TPSA) is 64.6 Å². The molecule has 2 atom stereocenters. The highest BCUT2D eigenvalue weighted by Crippen LogP contribution is 2.15. The first-order chi connectivity index (χ1) is 10.1. The molecular weight excluding hydrogens is 290 g/mol. The van der Waals surface area contributed by atoms with Gasteiger partial charge in [-0.3, -0.25) is 9.00 Å². The van der Waals surface area contributed by atoms with Gasteiger partial charge in [-0.2, -0.15) is 0 Å². The molecule has 1 amide bonds. The van der Waals surface area contributed by atoms with Crippen LogP contribution in [0.3, 0.4) is 0 Å². The van der Waals surface area contributed by atoms with E-state index in [1.807, 2.05) is 24.3 Å². The van der Waals surface area contributed by atoms with Crippen LogP contribution >= 0.6 is 0 Å². The summed E-state index contributed by atoms with van der Waals surface area (Å²) in [5, 5.41) is 2.23. The van der Waals surface area contributed by atoms with Crippen LogP contribution < -0.4 is 10.1 Å². The van der Waals surface area contributed by atoms with E-state index in [0.717, 1.165) is 17.7 Å². The van der Waals surface area contributed by atoms with Crippen LogP contribution in [0.5, 0.6) is 5.75 Å². The molecule has 0 aromatic heterocycles. The summed E-state index contributed by atoms with van der Waals surface area (Å²) in [6.07, 6.45) is 0.747. The molecule has 0 saturated heterocycles. The second-order valence-corrected chi connectivity index (χ2v) is 6.41. The molecule has 0 heterocycles. The lowest BCUT2D eigenvalue weighted by Gasteiger charge is -2.12. The Morgan fingerprint density at radius 1 is 1.38 bits per heavy atom. The zero-order chi connectivity index (χ0) is 15.7. The number of hydrogen-bond acceptors (Lipinski definition) is 4. The third-order valence-corrected chi connectivity index (χ3v) is 4.65. The fourth-order valence-corrected chi connectivity index (χ4v) is 2.82. The third-order valence-electron chi connectivity index (χ3n) is 3.03. The predicted molar refractivity (Wildman–Crippen MR) is 83.8 cm³/mol. The quantitative estimate of drug-likeness (QED) is 0.702. The number of ether oxygens (including phenoxy) is 2. The SMILES string of the molecule is COCCCNC(=O)[C@@H](C)[S@@](=O)Cc1cccc(OC)c1.